The van der Waals surface area contributed by atoms with Gasteiger partial charge in [-0.1, -0.05) is 55.3 Å². The molecule has 2 aromatic carbocycles. The molecule has 0 unspecified atom stereocenters. The zero-order valence-electron chi connectivity index (χ0n) is 18.9. The Kier molecular flexibility index (Phi) is 7.62. The molecular formula is C24H32N4O4S. The molecule has 4 rings (SSSR count). The molecule has 33 heavy (non-hydrogen) atoms. The molecule has 1 N–H and O–H groups in total. The van der Waals surface area contributed by atoms with Gasteiger partial charge in [-0.2, -0.15) is 17.0 Å². The number of nitrogens with one attached hydrogen (secondary N) is 1. The molecule has 0 atom stereocenters. The van der Waals surface area contributed by atoms with Crippen LogP contribution < -0.4 is 5.32 Å². The van der Waals surface area contributed by atoms with Crippen molar-refractivity contribution in [1.29, 1.82) is 0 Å². The highest BCUT2D eigenvalue weighted by Crippen LogP contribution is 2.19. The Morgan fingerprint density at radius 2 is 1.42 bits per heavy atom. The molecule has 2 aliphatic rings. The zero-order valence-corrected chi connectivity index (χ0v) is 19.7. The third-order valence-electron chi connectivity index (χ3n) is 6.48. The molecule has 8 nitrogen and oxygen atoms in total. The first kappa shape index (κ1) is 23.7. The van der Waals surface area contributed by atoms with Gasteiger partial charge in [0.05, 0.1) is 13.0 Å². The van der Waals surface area contributed by atoms with Gasteiger partial charge in [0.2, 0.25) is 11.8 Å². The Hall–Kier alpha value is -2.49. The quantitative estimate of drug-likeness (QED) is 0.694. The number of hydrogen-bond donors (Lipinski definition) is 1. The maximum atomic E-state index is 12.9. The summed E-state index contributed by atoms with van der Waals surface area (Å²) < 4.78 is 29.0. The van der Waals surface area contributed by atoms with E-state index in [0.29, 0.717) is 26.2 Å². The van der Waals surface area contributed by atoms with Gasteiger partial charge in [0.1, 0.15) is 0 Å². The van der Waals surface area contributed by atoms with E-state index in [2.05, 4.69) is 5.32 Å². The third-order valence-corrected chi connectivity index (χ3v) is 8.51. The minimum atomic E-state index is -3.48. The van der Waals surface area contributed by atoms with Gasteiger partial charge in [-0.3, -0.25) is 9.59 Å². The van der Waals surface area contributed by atoms with Crippen LogP contribution in [-0.2, 0) is 26.2 Å². The van der Waals surface area contributed by atoms with Crippen molar-refractivity contribution in [2.45, 2.75) is 32.1 Å². The summed E-state index contributed by atoms with van der Waals surface area (Å²) in [6, 6.07) is 13.8. The van der Waals surface area contributed by atoms with Crippen molar-refractivity contribution in [2.75, 3.05) is 45.8 Å². The number of piperazine rings is 1. The lowest BCUT2D eigenvalue weighted by molar-refractivity contribution is -0.133. The van der Waals surface area contributed by atoms with Crippen LogP contribution in [0.5, 0.6) is 0 Å². The highest BCUT2D eigenvalue weighted by Gasteiger charge is 2.33. The van der Waals surface area contributed by atoms with Crippen LogP contribution in [0.3, 0.4) is 0 Å². The number of carbonyl (C=O) groups excluding carboxylic acids is 2. The molecular weight excluding hydrogens is 440 g/mol. The maximum Gasteiger partial charge on any atom is 0.282 e. The van der Waals surface area contributed by atoms with Gasteiger partial charge in [0.25, 0.3) is 10.2 Å². The number of hydrogen-bond acceptors (Lipinski definition) is 4. The highest BCUT2D eigenvalue weighted by atomic mass is 32.2. The molecule has 2 saturated heterocycles. The third kappa shape index (κ3) is 5.72. The lowest BCUT2D eigenvalue weighted by Crippen LogP contribution is -2.55. The first-order valence-electron chi connectivity index (χ1n) is 11.7. The molecule has 0 radical (unpaired) electrons. The standard InChI is InChI=1S/C24H32N4O4S/c29-23(18-21-10-7-9-20-8-3-4-11-22(20)21)25-19-24(30)26-14-16-28(17-15-26)33(31,32)27-12-5-1-2-6-13-27/h3-4,7-11H,1-2,5-6,12-19H2,(H,25,29). The van der Waals surface area contributed by atoms with Gasteiger partial charge in [-0.15, -0.1) is 0 Å². The van der Waals surface area contributed by atoms with Gasteiger partial charge in [0.15, 0.2) is 0 Å². The fourth-order valence-electron chi connectivity index (χ4n) is 4.57. The van der Waals surface area contributed by atoms with E-state index in [4.69, 9.17) is 0 Å². The van der Waals surface area contributed by atoms with Crippen LogP contribution >= 0.6 is 0 Å². The van der Waals surface area contributed by atoms with Gasteiger partial charge in [0, 0.05) is 39.3 Å². The first-order valence-corrected chi connectivity index (χ1v) is 13.1. The van der Waals surface area contributed by atoms with Gasteiger partial charge >= 0.3 is 0 Å². The molecule has 9 heteroatoms. The lowest BCUT2D eigenvalue weighted by atomic mass is 10.0. The van der Waals surface area contributed by atoms with Crippen LogP contribution in [-0.4, -0.2) is 79.6 Å². The van der Waals surface area contributed by atoms with Gasteiger partial charge in [-0.05, 0) is 29.2 Å². The second-order valence-corrected chi connectivity index (χ2v) is 10.6. The van der Waals surface area contributed by atoms with Crippen LogP contribution in [0.2, 0.25) is 0 Å². The molecule has 0 aliphatic carbocycles. The predicted octanol–water partition coefficient (Wildman–Crippen LogP) is 1.76. The second kappa shape index (κ2) is 10.6. The predicted molar refractivity (Wildman–Crippen MR) is 128 cm³/mol. The summed E-state index contributed by atoms with van der Waals surface area (Å²) in [5.41, 5.74) is 0.922. The average Bonchev–Trinajstić information content (AvgIpc) is 3.13. The summed E-state index contributed by atoms with van der Waals surface area (Å²) in [5, 5.41) is 4.83. The molecule has 2 amide bonds. The van der Waals surface area contributed by atoms with Crippen molar-refractivity contribution in [3.63, 3.8) is 0 Å². The highest BCUT2D eigenvalue weighted by molar-refractivity contribution is 7.86. The molecule has 2 aliphatic heterocycles. The molecule has 0 spiro atoms. The number of carbonyl (C=O) groups is 2. The molecule has 178 valence electrons. The molecule has 0 bridgehead atoms. The monoisotopic (exact) mass is 472 g/mol. The number of nitrogens with zero attached hydrogens (tertiary/aromatic N) is 3. The zero-order chi connectivity index (χ0) is 23.3. The minimum absolute atomic E-state index is 0.0809. The second-order valence-electron chi connectivity index (χ2n) is 8.69. The molecule has 2 heterocycles. The number of rotatable bonds is 6. The number of benzene rings is 2. The van der Waals surface area contributed by atoms with Crippen LogP contribution in [0.4, 0.5) is 0 Å². The van der Waals surface area contributed by atoms with E-state index in [1.165, 1.54) is 4.31 Å². The van der Waals surface area contributed by atoms with Crippen LogP contribution in [0, 0.1) is 0 Å². The molecule has 2 aromatic rings. The topological polar surface area (TPSA) is 90.0 Å². The van der Waals surface area contributed by atoms with E-state index in [9.17, 15) is 18.0 Å². The van der Waals surface area contributed by atoms with E-state index in [1.54, 1.807) is 9.21 Å². The van der Waals surface area contributed by atoms with Crippen molar-refractivity contribution in [3.8, 4) is 0 Å². The van der Waals surface area contributed by atoms with Crippen molar-refractivity contribution < 1.29 is 18.0 Å². The maximum absolute atomic E-state index is 12.9. The van der Waals surface area contributed by atoms with Crippen LogP contribution in [0.1, 0.15) is 31.2 Å². The largest absolute Gasteiger partial charge is 0.347 e. The summed E-state index contributed by atoms with van der Waals surface area (Å²) >= 11 is 0. The minimum Gasteiger partial charge on any atom is -0.347 e. The van der Waals surface area contributed by atoms with Crippen molar-refractivity contribution in [3.05, 3.63) is 48.0 Å². The molecule has 0 saturated carbocycles. The SMILES string of the molecule is O=C(Cc1cccc2ccccc12)NCC(=O)N1CCN(S(=O)(=O)N2CCCCCC2)CC1. The summed E-state index contributed by atoms with van der Waals surface area (Å²) in [5.74, 6) is -0.393. The summed E-state index contributed by atoms with van der Waals surface area (Å²) in [7, 11) is -3.48. The van der Waals surface area contributed by atoms with Crippen molar-refractivity contribution in [2.24, 2.45) is 0 Å². The Labute approximate surface area is 195 Å². The summed E-state index contributed by atoms with van der Waals surface area (Å²) in [4.78, 5) is 26.7. The molecule has 0 aromatic heterocycles. The fraction of sp³-hybridized carbons (Fsp3) is 0.500. The van der Waals surface area contributed by atoms with Crippen LogP contribution in [0.15, 0.2) is 42.5 Å². The van der Waals surface area contributed by atoms with E-state index < -0.39 is 10.2 Å². The summed E-state index contributed by atoms with van der Waals surface area (Å²) in [6.45, 7) is 2.32. The normalized spacial score (nSPS) is 18.7. The Bertz CT molecular complexity index is 1080. The van der Waals surface area contributed by atoms with Gasteiger partial charge < -0.3 is 10.2 Å². The first-order chi connectivity index (χ1) is 15.9. The summed E-state index contributed by atoms with van der Waals surface area (Å²) in [6.07, 6.45) is 4.14. The van der Waals surface area contributed by atoms with E-state index in [-0.39, 0.29) is 37.9 Å². The number of fused-ring (bicyclic) bond motifs is 1. The van der Waals surface area contributed by atoms with E-state index in [0.717, 1.165) is 42.0 Å². The Balaban J connectivity index is 1.25. The van der Waals surface area contributed by atoms with Crippen molar-refractivity contribution in [1.82, 2.24) is 18.8 Å². The van der Waals surface area contributed by atoms with Gasteiger partial charge in [-0.25, -0.2) is 0 Å². The van der Waals surface area contributed by atoms with Crippen molar-refractivity contribution >= 4 is 32.8 Å². The Morgan fingerprint density at radius 1 is 0.788 bits per heavy atom. The number of amides is 2. The Morgan fingerprint density at radius 3 is 2.15 bits per heavy atom. The van der Waals surface area contributed by atoms with E-state index in [1.807, 2.05) is 42.5 Å². The average molecular weight is 473 g/mol. The smallest absolute Gasteiger partial charge is 0.282 e. The van der Waals surface area contributed by atoms with E-state index >= 15 is 0 Å². The molecule has 2 fully saturated rings. The lowest BCUT2D eigenvalue weighted by Gasteiger charge is -2.36. The fourth-order valence-corrected chi connectivity index (χ4v) is 6.24. The van der Waals surface area contributed by atoms with Crippen LogP contribution in [0.25, 0.3) is 10.8 Å².